The highest BCUT2D eigenvalue weighted by Crippen LogP contribution is 2.33. The van der Waals surface area contributed by atoms with Gasteiger partial charge < -0.3 is 4.98 Å². The lowest BCUT2D eigenvalue weighted by atomic mass is 10.2. The lowest BCUT2D eigenvalue weighted by Crippen LogP contribution is -1.93. The SMILES string of the molecule is O=Cc1cc(F)c(Sc2ncnc3nc[nH]c23)c(F)c1. The number of rotatable bonds is 3. The van der Waals surface area contributed by atoms with Gasteiger partial charge in [-0.25, -0.2) is 23.7 Å². The number of benzene rings is 1. The van der Waals surface area contributed by atoms with Crippen LogP contribution in [0.2, 0.25) is 0 Å². The highest BCUT2D eigenvalue weighted by Gasteiger charge is 2.16. The van der Waals surface area contributed by atoms with Crippen LogP contribution in [0.1, 0.15) is 10.4 Å². The summed E-state index contributed by atoms with van der Waals surface area (Å²) < 4.78 is 27.6. The van der Waals surface area contributed by atoms with Gasteiger partial charge in [0.2, 0.25) is 0 Å². The summed E-state index contributed by atoms with van der Waals surface area (Å²) in [5.41, 5.74) is 0.849. The summed E-state index contributed by atoms with van der Waals surface area (Å²) in [6.07, 6.45) is 3.07. The number of carbonyl (C=O) groups excluding carboxylic acids is 1. The Morgan fingerprint density at radius 2 is 1.90 bits per heavy atom. The molecule has 2 aromatic heterocycles. The van der Waals surface area contributed by atoms with E-state index in [-0.39, 0.29) is 10.5 Å². The van der Waals surface area contributed by atoms with E-state index in [9.17, 15) is 13.6 Å². The van der Waals surface area contributed by atoms with Crippen LogP contribution < -0.4 is 0 Å². The smallest absolute Gasteiger partial charge is 0.181 e. The Labute approximate surface area is 115 Å². The number of nitrogens with one attached hydrogen (secondary N) is 1. The van der Waals surface area contributed by atoms with Crippen molar-refractivity contribution in [1.29, 1.82) is 0 Å². The van der Waals surface area contributed by atoms with Crippen LogP contribution in [0.5, 0.6) is 0 Å². The van der Waals surface area contributed by atoms with E-state index in [2.05, 4.69) is 19.9 Å². The number of H-pyrrole nitrogens is 1. The molecule has 1 aromatic carbocycles. The third-order valence-corrected chi connectivity index (χ3v) is 3.64. The first kappa shape index (κ1) is 12.7. The van der Waals surface area contributed by atoms with E-state index in [0.29, 0.717) is 22.5 Å². The Hall–Kier alpha value is -2.35. The number of aldehydes is 1. The highest BCUT2D eigenvalue weighted by molar-refractivity contribution is 7.99. The molecule has 1 N–H and O–H groups in total. The van der Waals surface area contributed by atoms with Gasteiger partial charge in [-0.2, -0.15) is 0 Å². The van der Waals surface area contributed by atoms with Gasteiger partial charge in [0.05, 0.1) is 11.2 Å². The van der Waals surface area contributed by atoms with Crippen molar-refractivity contribution in [3.05, 3.63) is 42.0 Å². The van der Waals surface area contributed by atoms with Crippen LogP contribution in [0.4, 0.5) is 8.78 Å². The van der Waals surface area contributed by atoms with Crippen LogP contribution in [-0.4, -0.2) is 26.2 Å². The van der Waals surface area contributed by atoms with Crippen LogP contribution in [0.25, 0.3) is 11.2 Å². The number of halogens is 2. The van der Waals surface area contributed by atoms with Gasteiger partial charge in [-0.05, 0) is 12.1 Å². The molecule has 3 rings (SSSR count). The Morgan fingerprint density at radius 3 is 2.60 bits per heavy atom. The van der Waals surface area contributed by atoms with E-state index >= 15 is 0 Å². The molecule has 0 unspecified atom stereocenters. The number of aromatic amines is 1. The highest BCUT2D eigenvalue weighted by atomic mass is 32.2. The lowest BCUT2D eigenvalue weighted by molar-refractivity contribution is 0.112. The zero-order chi connectivity index (χ0) is 14.1. The van der Waals surface area contributed by atoms with Crippen molar-refractivity contribution in [1.82, 2.24) is 19.9 Å². The van der Waals surface area contributed by atoms with Gasteiger partial charge in [-0.1, -0.05) is 11.8 Å². The molecule has 0 aliphatic rings. The molecule has 0 atom stereocenters. The quantitative estimate of drug-likeness (QED) is 0.593. The number of hydrogen-bond acceptors (Lipinski definition) is 5. The van der Waals surface area contributed by atoms with Crippen molar-refractivity contribution in [3.63, 3.8) is 0 Å². The first-order valence-electron chi connectivity index (χ1n) is 5.45. The second-order valence-electron chi connectivity index (χ2n) is 3.81. The molecule has 0 saturated carbocycles. The predicted octanol–water partition coefficient (Wildman–Crippen LogP) is 2.59. The van der Waals surface area contributed by atoms with Gasteiger partial charge in [-0.15, -0.1) is 0 Å². The molecule has 3 aromatic rings. The van der Waals surface area contributed by atoms with E-state index < -0.39 is 11.6 Å². The monoisotopic (exact) mass is 292 g/mol. The van der Waals surface area contributed by atoms with Crippen molar-refractivity contribution < 1.29 is 13.6 Å². The summed E-state index contributed by atoms with van der Waals surface area (Å²) >= 11 is 0.806. The van der Waals surface area contributed by atoms with E-state index in [4.69, 9.17) is 0 Å². The fourth-order valence-electron chi connectivity index (χ4n) is 1.66. The maximum atomic E-state index is 13.8. The molecule has 0 saturated heterocycles. The molecule has 100 valence electrons. The zero-order valence-electron chi connectivity index (χ0n) is 9.80. The molecule has 0 fully saturated rings. The van der Waals surface area contributed by atoms with Crippen LogP contribution in [0.15, 0.2) is 34.7 Å². The molecule has 0 aliphatic heterocycles. The third-order valence-electron chi connectivity index (χ3n) is 2.54. The van der Waals surface area contributed by atoms with Gasteiger partial charge in [-0.3, -0.25) is 4.79 Å². The molecule has 0 aliphatic carbocycles. The van der Waals surface area contributed by atoms with Gasteiger partial charge >= 0.3 is 0 Å². The zero-order valence-corrected chi connectivity index (χ0v) is 10.6. The number of imidazole rings is 1. The average Bonchev–Trinajstić information content (AvgIpc) is 2.91. The van der Waals surface area contributed by atoms with Crippen LogP contribution in [0.3, 0.4) is 0 Å². The van der Waals surface area contributed by atoms with Crippen LogP contribution >= 0.6 is 11.8 Å². The van der Waals surface area contributed by atoms with Crippen molar-refractivity contribution in [2.24, 2.45) is 0 Å². The second-order valence-corrected chi connectivity index (χ2v) is 4.81. The Kier molecular flexibility index (Phi) is 3.15. The largest absolute Gasteiger partial charge is 0.341 e. The first-order valence-corrected chi connectivity index (χ1v) is 6.27. The molecule has 20 heavy (non-hydrogen) atoms. The molecule has 0 spiro atoms. The average molecular weight is 292 g/mol. The third kappa shape index (κ3) is 2.14. The summed E-state index contributed by atoms with van der Waals surface area (Å²) in [6, 6.07) is 1.95. The number of hydrogen-bond donors (Lipinski definition) is 1. The predicted molar refractivity (Wildman–Crippen MR) is 67.6 cm³/mol. The molecule has 5 nitrogen and oxygen atoms in total. The number of carbonyl (C=O) groups is 1. The summed E-state index contributed by atoms with van der Waals surface area (Å²) in [4.78, 5) is 25.0. The fourth-order valence-corrected chi connectivity index (χ4v) is 2.52. The van der Waals surface area contributed by atoms with E-state index in [1.54, 1.807) is 0 Å². The first-order chi connectivity index (χ1) is 9.69. The van der Waals surface area contributed by atoms with Crippen molar-refractivity contribution in [3.8, 4) is 0 Å². The van der Waals surface area contributed by atoms with Gasteiger partial charge in [0.25, 0.3) is 0 Å². The minimum atomic E-state index is -0.816. The Balaban J connectivity index is 2.07. The normalized spacial score (nSPS) is 10.9. The van der Waals surface area contributed by atoms with Crippen molar-refractivity contribution >= 4 is 29.2 Å². The fraction of sp³-hybridized carbons (Fsp3) is 0. The number of fused-ring (bicyclic) bond motifs is 1. The Morgan fingerprint density at radius 1 is 1.15 bits per heavy atom. The van der Waals surface area contributed by atoms with Gasteiger partial charge in [0.1, 0.15) is 34.8 Å². The second kappa shape index (κ2) is 4.97. The summed E-state index contributed by atoms with van der Waals surface area (Å²) in [7, 11) is 0. The molecular weight excluding hydrogens is 286 g/mol. The summed E-state index contributed by atoms with van der Waals surface area (Å²) in [5, 5.41) is 0.351. The summed E-state index contributed by atoms with van der Waals surface area (Å²) in [5.74, 6) is -1.63. The molecular formula is C12H6F2N4OS. The minimum absolute atomic E-state index is 0.0567. The summed E-state index contributed by atoms with van der Waals surface area (Å²) in [6.45, 7) is 0. The van der Waals surface area contributed by atoms with Crippen LogP contribution in [-0.2, 0) is 0 Å². The molecule has 0 bridgehead atoms. The molecule has 0 radical (unpaired) electrons. The Bertz CT molecular complexity index is 782. The van der Waals surface area contributed by atoms with Crippen LogP contribution in [0, 0.1) is 11.6 Å². The minimum Gasteiger partial charge on any atom is -0.341 e. The topological polar surface area (TPSA) is 71.5 Å². The molecule has 2 heterocycles. The van der Waals surface area contributed by atoms with Crippen molar-refractivity contribution in [2.75, 3.05) is 0 Å². The number of nitrogens with zero attached hydrogens (tertiary/aromatic N) is 3. The van der Waals surface area contributed by atoms with E-state index in [1.165, 1.54) is 12.7 Å². The maximum absolute atomic E-state index is 13.8. The molecule has 8 heteroatoms. The van der Waals surface area contributed by atoms with E-state index in [0.717, 1.165) is 23.9 Å². The number of aromatic nitrogens is 4. The van der Waals surface area contributed by atoms with Gasteiger partial charge in [0.15, 0.2) is 5.65 Å². The maximum Gasteiger partial charge on any atom is 0.181 e. The van der Waals surface area contributed by atoms with Gasteiger partial charge in [0, 0.05) is 5.56 Å². The van der Waals surface area contributed by atoms with E-state index in [1.807, 2.05) is 0 Å². The molecule has 0 amide bonds. The standard InChI is InChI=1S/C12H6F2N4OS/c13-7-1-6(3-19)2-8(14)10(7)20-12-9-11(16-4-15-9)17-5-18-12/h1-5H,(H,15,16,17,18). The van der Waals surface area contributed by atoms with Crippen molar-refractivity contribution in [2.45, 2.75) is 9.92 Å². The lowest BCUT2D eigenvalue weighted by Gasteiger charge is -2.05.